The molecule has 0 saturated carbocycles. The molecule has 2 fully saturated rings. The number of hydroxylamine groups is 1. The lowest BCUT2D eigenvalue weighted by atomic mass is 10.0. The number of aromatic hydroxyl groups is 1. The molecule has 2 aliphatic rings. The van der Waals surface area contributed by atoms with Crippen molar-refractivity contribution in [1.82, 2.24) is 19.6 Å². The van der Waals surface area contributed by atoms with Crippen molar-refractivity contribution < 1.29 is 28.3 Å². The normalized spacial score (nSPS) is 21.1. The number of phenolic OH excluding ortho intramolecular Hbond substituents is 1. The number of carbonyl (C=O) groups excluding carboxylic acids is 2. The lowest BCUT2D eigenvalue weighted by Crippen LogP contribution is -2.55. The van der Waals surface area contributed by atoms with Crippen molar-refractivity contribution in [3.63, 3.8) is 0 Å². The predicted molar refractivity (Wildman–Crippen MR) is 103 cm³/mol. The van der Waals surface area contributed by atoms with Crippen molar-refractivity contribution in [3.05, 3.63) is 23.8 Å². The van der Waals surface area contributed by atoms with Gasteiger partial charge in [-0.3, -0.25) is 10.0 Å². The van der Waals surface area contributed by atoms with Gasteiger partial charge in [0.1, 0.15) is 11.3 Å². The molecule has 0 spiro atoms. The number of rotatable bonds is 3. The Bertz CT molecular complexity index is 882. The zero-order valence-corrected chi connectivity index (χ0v) is 17.1. The number of amides is 3. The van der Waals surface area contributed by atoms with E-state index in [0.29, 0.717) is 19.0 Å². The Labute approximate surface area is 169 Å². The Morgan fingerprint density at radius 1 is 1.10 bits per heavy atom. The third kappa shape index (κ3) is 4.31. The standard InChI is InChI=1S/C18H26N4O6S/c1-13-4-3-7-21(12-13)18(25)20-8-10-22(11-9-20)29(27,28)15-6-2-5-14(23)16(15)17(24)19-26/h2,5-6,13,23,26H,3-4,7-12H2,1H3,(H,19,24). The lowest BCUT2D eigenvalue weighted by molar-refractivity contribution is 0.0699. The fourth-order valence-corrected chi connectivity index (χ4v) is 5.47. The van der Waals surface area contributed by atoms with Crippen LogP contribution in [0.4, 0.5) is 4.79 Å². The van der Waals surface area contributed by atoms with Gasteiger partial charge in [0.15, 0.2) is 0 Å². The molecule has 2 heterocycles. The monoisotopic (exact) mass is 426 g/mol. The Balaban J connectivity index is 1.73. The van der Waals surface area contributed by atoms with Gasteiger partial charge in [0.25, 0.3) is 5.91 Å². The molecule has 3 rings (SSSR count). The summed E-state index contributed by atoms with van der Waals surface area (Å²) in [5.41, 5.74) is 0.841. The maximum atomic E-state index is 13.0. The van der Waals surface area contributed by atoms with Gasteiger partial charge in [-0.15, -0.1) is 0 Å². The van der Waals surface area contributed by atoms with Crippen LogP contribution in [-0.2, 0) is 10.0 Å². The number of hydrogen-bond acceptors (Lipinski definition) is 6. The van der Waals surface area contributed by atoms with Gasteiger partial charge < -0.3 is 14.9 Å². The molecule has 0 aromatic heterocycles. The van der Waals surface area contributed by atoms with Gasteiger partial charge >= 0.3 is 6.03 Å². The maximum Gasteiger partial charge on any atom is 0.320 e. The second-order valence-electron chi connectivity index (χ2n) is 7.46. The van der Waals surface area contributed by atoms with E-state index in [1.807, 2.05) is 4.90 Å². The average Bonchev–Trinajstić information content (AvgIpc) is 2.72. The van der Waals surface area contributed by atoms with Crippen molar-refractivity contribution in [3.8, 4) is 5.75 Å². The minimum atomic E-state index is -4.10. The van der Waals surface area contributed by atoms with Gasteiger partial charge in [0.2, 0.25) is 10.0 Å². The largest absolute Gasteiger partial charge is 0.507 e. The molecule has 29 heavy (non-hydrogen) atoms. The van der Waals surface area contributed by atoms with Crippen LogP contribution in [0.15, 0.2) is 23.1 Å². The maximum absolute atomic E-state index is 13.0. The zero-order valence-electron chi connectivity index (χ0n) is 16.2. The third-order valence-corrected chi connectivity index (χ3v) is 7.33. The van der Waals surface area contributed by atoms with Crippen LogP contribution < -0.4 is 5.48 Å². The number of benzene rings is 1. The minimum Gasteiger partial charge on any atom is -0.507 e. The molecular formula is C18H26N4O6S. The summed E-state index contributed by atoms with van der Waals surface area (Å²) in [4.78, 5) is 27.7. The first-order chi connectivity index (χ1) is 13.8. The highest BCUT2D eigenvalue weighted by Crippen LogP contribution is 2.28. The average molecular weight is 426 g/mol. The Hall–Kier alpha value is -2.37. The van der Waals surface area contributed by atoms with Gasteiger partial charge in [0, 0.05) is 39.3 Å². The van der Waals surface area contributed by atoms with E-state index < -0.39 is 32.1 Å². The lowest BCUT2D eigenvalue weighted by Gasteiger charge is -2.39. The number of piperazine rings is 1. The summed E-state index contributed by atoms with van der Waals surface area (Å²) in [6, 6.07) is 3.60. The van der Waals surface area contributed by atoms with Crippen LogP contribution in [0.2, 0.25) is 0 Å². The number of carbonyl (C=O) groups is 2. The fraction of sp³-hybridized carbons (Fsp3) is 0.556. The van der Waals surface area contributed by atoms with Gasteiger partial charge in [-0.25, -0.2) is 18.7 Å². The number of likely N-dealkylation sites (tertiary alicyclic amines) is 1. The SMILES string of the molecule is CC1CCCN(C(=O)N2CCN(S(=O)(=O)c3cccc(O)c3C(=O)NO)CC2)C1. The second-order valence-corrected chi connectivity index (χ2v) is 9.36. The Morgan fingerprint density at radius 3 is 2.41 bits per heavy atom. The van der Waals surface area contributed by atoms with Gasteiger partial charge in [-0.05, 0) is 30.9 Å². The van der Waals surface area contributed by atoms with Crippen molar-refractivity contribution in [2.24, 2.45) is 5.92 Å². The molecule has 3 amide bonds. The third-order valence-electron chi connectivity index (χ3n) is 5.39. The summed E-state index contributed by atoms with van der Waals surface area (Å²) in [5.74, 6) is -1.21. The minimum absolute atomic E-state index is 0.0767. The number of piperidine rings is 1. The summed E-state index contributed by atoms with van der Waals surface area (Å²) in [6.45, 7) is 4.16. The number of nitrogens with one attached hydrogen (secondary N) is 1. The molecule has 2 saturated heterocycles. The number of nitrogens with zero attached hydrogens (tertiary/aromatic N) is 3. The van der Waals surface area contributed by atoms with Crippen LogP contribution in [-0.4, -0.2) is 84.0 Å². The summed E-state index contributed by atoms with van der Waals surface area (Å²) in [6.07, 6.45) is 2.07. The molecule has 0 aliphatic carbocycles. The summed E-state index contributed by atoms with van der Waals surface area (Å²) >= 11 is 0. The van der Waals surface area contributed by atoms with Gasteiger partial charge in [-0.1, -0.05) is 13.0 Å². The molecule has 3 N–H and O–H groups in total. The first-order valence-electron chi connectivity index (χ1n) is 9.56. The van der Waals surface area contributed by atoms with Gasteiger partial charge in [0.05, 0.1) is 4.90 Å². The number of urea groups is 1. The summed E-state index contributed by atoms with van der Waals surface area (Å²) in [7, 11) is -4.10. The van der Waals surface area contributed by atoms with E-state index in [9.17, 15) is 23.1 Å². The predicted octanol–water partition coefficient (Wildman–Crippen LogP) is 0.669. The van der Waals surface area contributed by atoms with Crippen LogP contribution in [0.1, 0.15) is 30.1 Å². The molecule has 1 unspecified atom stereocenters. The molecular weight excluding hydrogens is 400 g/mol. The highest BCUT2D eigenvalue weighted by atomic mass is 32.2. The highest BCUT2D eigenvalue weighted by molar-refractivity contribution is 7.89. The zero-order chi connectivity index (χ0) is 21.2. The number of hydrogen-bond donors (Lipinski definition) is 3. The van der Waals surface area contributed by atoms with Crippen molar-refractivity contribution >= 4 is 22.0 Å². The summed E-state index contributed by atoms with van der Waals surface area (Å²) < 4.78 is 27.3. The van der Waals surface area contributed by atoms with Gasteiger partial charge in [-0.2, -0.15) is 4.31 Å². The van der Waals surface area contributed by atoms with Crippen LogP contribution in [0.25, 0.3) is 0 Å². The molecule has 10 nitrogen and oxygen atoms in total. The first-order valence-corrected chi connectivity index (χ1v) is 11.0. The van der Waals surface area contributed by atoms with Crippen molar-refractivity contribution in [2.75, 3.05) is 39.3 Å². The first kappa shape index (κ1) is 21.3. The molecule has 11 heteroatoms. The van der Waals surface area contributed by atoms with Crippen molar-refractivity contribution in [1.29, 1.82) is 0 Å². The van der Waals surface area contributed by atoms with E-state index in [-0.39, 0.29) is 32.2 Å². The van der Waals surface area contributed by atoms with Crippen LogP contribution in [0.3, 0.4) is 0 Å². The number of phenols is 1. The molecule has 2 aliphatic heterocycles. The van der Waals surface area contributed by atoms with Crippen molar-refractivity contribution in [2.45, 2.75) is 24.7 Å². The molecule has 0 bridgehead atoms. The molecule has 1 atom stereocenters. The quantitative estimate of drug-likeness (QED) is 0.481. The van der Waals surface area contributed by atoms with E-state index in [4.69, 9.17) is 5.21 Å². The van der Waals surface area contributed by atoms with Crippen LogP contribution in [0.5, 0.6) is 5.75 Å². The van der Waals surface area contributed by atoms with E-state index in [1.54, 1.807) is 4.90 Å². The Morgan fingerprint density at radius 2 is 1.79 bits per heavy atom. The highest BCUT2D eigenvalue weighted by Gasteiger charge is 2.35. The molecule has 1 aromatic rings. The van der Waals surface area contributed by atoms with E-state index in [1.165, 1.54) is 28.0 Å². The fourth-order valence-electron chi connectivity index (χ4n) is 3.84. The Kier molecular flexibility index (Phi) is 6.30. The van der Waals surface area contributed by atoms with E-state index >= 15 is 0 Å². The second kappa shape index (κ2) is 8.56. The molecule has 0 radical (unpaired) electrons. The molecule has 160 valence electrons. The smallest absolute Gasteiger partial charge is 0.320 e. The summed E-state index contributed by atoms with van der Waals surface area (Å²) in [5, 5.41) is 18.8. The van der Waals surface area contributed by atoms with E-state index in [2.05, 4.69) is 6.92 Å². The molecule has 1 aromatic carbocycles. The van der Waals surface area contributed by atoms with Crippen LogP contribution in [0, 0.1) is 5.92 Å². The van der Waals surface area contributed by atoms with E-state index in [0.717, 1.165) is 12.8 Å². The topological polar surface area (TPSA) is 130 Å². The van der Waals surface area contributed by atoms with Crippen LogP contribution >= 0.6 is 0 Å². The number of sulfonamides is 1.